The van der Waals surface area contributed by atoms with Gasteiger partial charge in [0, 0.05) is 17.2 Å². The van der Waals surface area contributed by atoms with Crippen LogP contribution in [0.25, 0.3) is 0 Å². The lowest BCUT2D eigenvalue weighted by Crippen LogP contribution is -2.23. The monoisotopic (exact) mass is 278 g/mol. The molecule has 110 valence electrons. The number of hydrogen-bond acceptors (Lipinski definition) is 3. The highest BCUT2D eigenvalue weighted by Crippen LogP contribution is 2.28. The van der Waals surface area contributed by atoms with Crippen molar-refractivity contribution in [2.45, 2.75) is 64.2 Å². The van der Waals surface area contributed by atoms with Gasteiger partial charge < -0.3 is 10.1 Å². The van der Waals surface area contributed by atoms with Crippen LogP contribution in [0.5, 0.6) is 0 Å². The first-order chi connectivity index (χ1) is 9.58. The smallest absolute Gasteiger partial charge is 0.308 e. The third-order valence-electron chi connectivity index (χ3n) is 4.06. The van der Waals surface area contributed by atoms with Crippen LogP contribution >= 0.6 is 0 Å². The van der Waals surface area contributed by atoms with Crippen LogP contribution in [0.15, 0.2) is 4.79 Å². The zero-order valence-electron chi connectivity index (χ0n) is 11.9. The summed E-state index contributed by atoms with van der Waals surface area (Å²) in [5, 5.41) is 8.82. The van der Waals surface area contributed by atoms with Gasteiger partial charge in [-0.1, -0.05) is 32.1 Å². The minimum absolute atomic E-state index is 0.265. The van der Waals surface area contributed by atoms with E-state index in [1.165, 1.54) is 32.1 Å². The molecule has 0 unspecified atom stereocenters. The quantitative estimate of drug-likeness (QED) is 0.890. The second-order valence-electron chi connectivity index (χ2n) is 5.63. The molecule has 0 aromatic carbocycles. The molecule has 1 aliphatic carbocycles. The SMILES string of the molecule is Cc1nc(C2CCCCCCC2)[nH]c(=O)c1CC(=O)O. The van der Waals surface area contributed by atoms with Crippen molar-refractivity contribution in [2.24, 2.45) is 0 Å². The molecule has 1 aromatic rings. The third kappa shape index (κ3) is 3.68. The summed E-state index contributed by atoms with van der Waals surface area (Å²) >= 11 is 0. The molecular weight excluding hydrogens is 256 g/mol. The van der Waals surface area contributed by atoms with E-state index in [9.17, 15) is 9.59 Å². The van der Waals surface area contributed by atoms with Crippen LogP contribution in [-0.4, -0.2) is 21.0 Å². The molecule has 2 rings (SSSR count). The minimum atomic E-state index is -1.00. The molecule has 1 saturated carbocycles. The molecule has 0 aliphatic heterocycles. The molecule has 5 nitrogen and oxygen atoms in total. The van der Waals surface area contributed by atoms with Gasteiger partial charge in [-0.2, -0.15) is 0 Å². The Balaban J connectivity index is 2.24. The van der Waals surface area contributed by atoms with Gasteiger partial charge in [0.25, 0.3) is 5.56 Å². The molecular formula is C15H22N2O3. The van der Waals surface area contributed by atoms with E-state index in [-0.39, 0.29) is 17.5 Å². The normalized spacial score (nSPS) is 17.4. The van der Waals surface area contributed by atoms with Crippen molar-refractivity contribution in [3.05, 3.63) is 27.4 Å². The van der Waals surface area contributed by atoms with E-state index in [0.717, 1.165) is 18.7 Å². The van der Waals surface area contributed by atoms with E-state index in [1.807, 2.05) is 0 Å². The van der Waals surface area contributed by atoms with E-state index in [4.69, 9.17) is 5.11 Å². The van der Waals surface area contributed by atoms with Crippen LogP contribution in [0, 0.1) is 6.92 Å². The zero-order chi connectivity index (χ0) is 14.5. The van der Waals surface area contributed by atoms with Crippen LogP contribution in [0.4, 0.5) is 0 Å². The predicted molar refractivity (Wildman–Crippen MR) is 76.0 cm³/mol. The van der Waals surface area contributed by atoms with Crippen LogP contribution in [0.2, 0.25) is 0 Å². The molecule has 0 atom stereocenters. The number of hydrogen-bond donors (Lipinski definition) is 2. The Bertz CT molecular complexity index is 528. The average molecular weight is 278 g/mol. The Morgan fingerprint density at radius 2 is 1.85 bits per heavy atom. The summed E-state index contributed by atoms with van der Waals surface area (Å²) in [7, 11) is 0. The van der Waals surface area contributed by atoms with Crippen molar-refractivity contribution in [2.75, 3.05) is 0 Å². The fourth-order valence-corrected chi connectivity index (χ4v) is 2.91. The molecule has 0 spiro atoms. The Morgan fingerprint density at radius 1 is 1.25 bits per heavy atom. The van der Waals surface area contributed by atoms with Gasteiger partial charge in [0.05, 0.1) is 6.42 Å². The number of aryl methyl sites for hydroxylation is 1. The molecule has 1 aliphatic rings. The van der Waals surface area contributed by atoms with Crippen molar-refractivity contribution in [1.82, 2.24) is 9.97 Å². The van der Waals surface area contributed by atoms with Gasteiger partial charge in [0.15, 0.2) is 0 Å². The number of rotatable bonds is 3. The summed E-state index contributed by atoms with van der Waals surface area (Å²) in [4.78, 5) is 30.1. The molecule has 1 heterocycles. The van der Waals surface area contributed by atoms with Gasteiger partial charge >= 0.3 is 5.97 Å². The largest absolute Gasteiger partial charge is 0.481 e. The molecule has 0 radical (unpaired) electrons. The highest BCUT2D eigenvalue weighted by molar-refractivity contribution is 5.70. The molecule has 0 saturated heterocycles. The highest BCUT2D eigenvalue weighted by atomic mass is 16.4. The molecule has 0 amide bonds. The predicted octanol–water partition coefficient (Wildman–Crippen LogP) is 2.53. The Labute approximate surface area is 118 Å². The number of nitrogens with one attached hydrogen (secondary N) is 1. The number of carboxylic acids is 1. The van der Waals surface area contributed by atoms with E-state index < -0.39 is 5.97 Å². The van der Waals surface area contributed by atoms with E-state index in [0.29, 0.717) is 11.6 Å². The van der Waals surface area contributed by atoms with Crippen molar-refractivity contribution < 1.29 is 9.90 Å². The fourth-order valence-electron chi connectivity index (χ4n) is 2.91. The van der Waals surface area contributed by atoms with Crippen molar-refractivity contribution in [1.29, 1.82) is 0 Å². The topological polar surface area (TPSA) is 83.0 Å². The molecule has 5 heteroatoms. The van der Waals surface area contributed by atoms with Crippen LogP contribution in [0.3, 0.4) is 0 Å². The lowest BCUT2D eigenvalue weighted by Gasteiger charge is -2.19. The van der Waals surface area contributed by atoms with Crippen molar-refractivity contribution >= 4 is 5.97 Å². The molecule has 1 fully saturated rings. The van der Waals surface area contributed by atoms with E-state index >= 15 is 0 Å². The number of carbonyl (C=O) groups is 1. The lowest BCUT2D eigenvalue weighted by atomic mass is 9.90. The van der Waals surface area contributed by atoms with Crippen molar-refractivity contribution in [3.63, 3.8) is 0 Å². The highest BCUT2D eigenvalue weighted by Gasteiger charge is 2.18. The summed E-state index contributed by atoms with van der Waals surface area (Å²) in [5.74, 6) is 0.0446. The van der Waals surface area contributed by atoms with Gasteiger partial charge in [-0.05, 0) is 19.8 Å². The summed E-state index contributed by atoms with van der Waals surface area (Å²) < 4.78 is 0. The zero-order valence-corrected chi connectivity index (χ0v) is 11.9. The summed E-state index contributed by atoms with van der Waals surface area (Å²) in [6.45, 7) is 1.72. The van der Waals surface area contributed by atoms with Gasteiger partial charge in [-0.25, -0.2) is 4.98 Å². The van der Waals surface area contributed by atoms with Crippen LogP contribution in [0.1, 0.15) is 67.9 Å². The Hall–Kier alpha value is -1.65. The molecule has 20 heavy (non-hydrogen) atoms. The number of nitrogens with zero attached hydrogens (tertiary/aromatic N) is 1. The first kappa shape index (κ1) is 14.8. The number of aromatic nitrogens is 2. The van der Waals surface area contributed by atoms with Gasteiger partial charge in [0.2, 0.25) is 0 Å². The third-order valence-corrected chi connectivity index (χ3v) is 4.06. The second-order valence-corrected chi connectivity index (χ2v) is 5.63. The maximum atomic E-state index is 12.0. The molecule has 0 bridgehead atoms. The summed E-state index contributed by atoms with van der Waals surface area (Å²) in [6, 6.07) is 0. The Kier molecular flexibility index (Phi) is 4.93. The fraction of sp³-hybridized carbons (Fsp3) is 0.667. The molecule has 1 aromatic heterocycles. The first-order valence-corrected chi connectivity index (χ1v) is 7.39. The Morgan fingerprint density at radius 3 is 2.40 bits per heavy atom. The van der Waals surface area contributed by atoms with Gasteiger partial charge in [-0.15, -0.1) is 0 Å². The summed E-state index contributed by atoms with van der Waals surface area (Å²) in [6.07, 6.45) is 7.98. The standard InChI is InChI=1S/C15H22N2O3/c1-10-12(9-13(18)19)15(20)17-14(16-10)11-7-5-3-2-4-6-8-11/h11H,2-9H2,1H3,(H,18,19)(H,16,17,20). The number of aliphatic carboxylic acids is 1. The minimum Gasteiger partial charge on any atom is -0.481 e. The number of carboxylic acid groups (broad SMARTS) is 1. The maximum absolute atomic E-state index is 12.0. The maximum Gasteiger partial charge on any atom is 0.308 e. The number of H-pyrrole nitrogens is 1. The van der Waals surface area contributed by atoms with Gasteiger partial charge in [0.1, 0.15) is 5.82 Å². The van der Waals surface area contributed by atoms with Gasteiger partial charge in [-0.3, -0.25) is 9.59 Å². The van der Waals surface area contributed by atoms with Crippen LogP contribution in [-0.2, 0) is 11.2 Å². The lowest BCUT2D eigenvalue weighted by molar-refractivity contribution is -0.136. The van der Waals surface area contributed by atoms with Crippen molar-refractivity contribution in [3.8, 4) is 0 Å². The second kappa shape index (κ2) is 6.68. The first-order valence-electron chi connectivity index (χ1n) is 7.39. The van der Waals surface area contributed by atoms with E-state index in [2.05, 4.69) is 9.97 Å². The van der Waals surface area contributed by atoms with Crippen LogP contribution < -0.4 is 5.56 Å². The van der Waals surface area contributed by atoms with E-state index in [1.54, 1.807) is 6.92 Å². The summed E-state index contributed by atoms with van der Waals surface area (Å²) in [5.41, 5.74) is 0.525. The number of aromatic amines is 1. The average Bonchev–Trinajstić information content (AvgIpc) is 2.33. The molecule has 2 N–H and O–H groups in total.